The highest BCUT2D eigenvalue weighted by molar-refractivity contribution is 6.07. The van der Waals surface area contributed by atoms with Crippen LogP contribution in [0.4, 0.5) is 16.2 Å². The molecule has 30 heavy (non-hydrogen) atoms. The number of benzene rings is 2. The lowest BCUT2D eigenvalue weighted by Crippen LogP contribution is -2.46. The summed E-state index contributed by atoms with van der Waals surface area (Å²) in [5, 5.41) is 19.1. The number of ether oxygens (including phenoxy) is 2. The van der Waals surface area contributed by atoms with E-state index in [2.05, 4.69) is 16.0 Å². The van der Waals surface area contributed by atoms with Crippen molar-refractivity contribution in [3.8, 4) is 11.5 Å². The van der Waals surface area contributed by atoms with Crippen LogP contribution in [0.25, 0.3) is 0 Å². The molecule has 10 nitrogen and oxygen atoms in total. The molecule has 0 fully saturated rings. The molecule has 0 bridgehead atoms. The van der Waals surface area contributed by atoms with Crippen molar-refractivity contribution in [2.75, 3.05) is 19.5 Å². The topological polar surface area (TPSA) is 132 Å². The first-order valence-corrected chi connectivity index (χ1v) is 8.90. The zero-order chi connectivity index (χ0) is 21.8. The number of rotatable bonds is 6. The van der Waals surface area contributed by atoms with E-state index in [1.807, 2.05) is 0 Å². The molecule has 0 saturated heterocycles. The van der Waals surface area contributed by atoms with Gasteiger partial charge in [-0.3, -0.25) is 14.9 Å². The summed E-state index contributed by atoms with van der Waals surface area (Å²) < 4.78 is 10.5. The van der Waals surface area contributed by atoms with Gasteiger partial charge in [-0.2, -0.15) is 0 Å². The number of nitrogens with zero attached hydrogens (tertiary/aromatic N) is 1. The Balaban J connectivity index is 2.00. The van der Waals surface area contributed by atoms with Crippen LogP contribution in [0.3, 0.4) is 0 Å². The predicted molar refractivity (Wildman–Crippen MR) is 108 cm³/mol. The molecule has 3 rings (SSSR count). The number of non-ortho nitro benzene ring substituents is 1. The van der Waals surface area contributed by atoms with E-state index in [0.717, 1.165) is 0 Å². The van der Waals surface area contributed by atoms with Crippen molar-refractivity contribution in [2.45, 2.75) is 13.0 Å². The standard InChI is InChI=1S/C20H20N4O6/c1-11-17(19(25)22-15-10-14(29-2)7-8-16(15)30-3)18(23-20(26)21-11)12-5-4-6-13(9-12)24(27)28/h4-10,18H,1-3H3,(H,22,25)(H2,21,23,26)/t18-/m1/s1. The van der Waals surface area contributed by atoms with Gasteiger partial charge in [-0.15, -0.1) is 0 Å². The lowest BCUT2D eigenvalue weighted by Gasteiger charge is -2.28. The molecule has 156 valence electrons. The van der Waals surface area contributed by atoms with Crippen molar-refractivity contribution in [1.82, 2.24) is 10.6 Å². The summed E-state index contributed by atoms with van der Waals surface area (Å²) in [7, 11) is 2.97. The number of hydrogen-bond acceptors (Lipinski definition) is 6. The molecule has 0 spiro atoms. The van der Waals surface area contributed by atoms with Gasteiger partial charge in [-0.05, 0) is 24.6 Å². The third-order valence-corrected chi connectivity index (χ3v) is 4.58. The van der Waals surface area contributed by atoms with Gasteiger partial charge < -0.3 is 25.4 Å². The van der Waals surface area contributed by atoms with Gasteiger partial charge in [-0.25, -0.2) is 4.79 Å². The molecule has 3 N–H and O–H groups in total. The van der Waals surface area contributed by atoms with E-state index in [4.69, 9.17) is 9.47 Å². The molecule has 1 aliphatic rings. The van der Waals surface area contributed by atoms with Gasteiger partial charge in [0.15, 0.2) is 0 Å². The fourth-order valence-corrected chi connectivity index (χ4v) is 3.16. The third kappa shape index (κ3) is 4.17. The summed E-state index contributed by atoms with van der Waals surface area (Å²) >= 11 is 0. The molecule has 3 amide bonds. The normalized spacial score (nSPS) is 15.7. The van der Waals surface area contributed by atoms with E-state index in [-0.39, 0.29) is 11.3 Å². The first-order chi connectivity index (χ1) is 14.3. The number of urea groups is 1. The highest BCUT2D eigenvalue weighted by Crippen LogP contribution is 2.33. The molecule has 1 atom stereocenters. The number of amides is 3. The van der Waals surface area contributed by atoms with Gasteiger partial charge in [0.1, 0.15) is 11.5 Å². The average Bonchev–Trinajstić information content (AvgIpc) is 2.73. The molecule has 0 aliphatic carbocycles. The number of nitrogens with one attached hydrogen (secondary N) is 3. The summed E-state index contributed by atoms with van der Waals surface area (Å²) in [5.74, 6) is 0.423. The van der Waals surface area contributed by atoms with Gasteiger partial charge >= 0.3 is 6.03 Å². The SMILES string of the molecule is COc1ccc(OC)c(NC(=O)C2=C(C)NC(=O)N[C@@H]2c2cccc([N+](=O)[O-])c2)c1. The van der Waals surface area contributed by atoms with Gasteiger partial charge in [0, 0.05) is 23.9 Å². The van der Waals surface area contributed by atoms with Crippen molar-refractivity contribution in [1.29, 1.82) is 0 Å². The fourth-order valence-electron chi connectivity index (χ4n) is 3.16. The Kier molecular flexibility index (Phi) is 5.86. The van der Waals surface area contributed by atoms with Crippen LogP contribution in [0.2, 0.25) is 0 Å². The minimum Gasteiger partial charge on any atom is -0.497 e. The zero-order valence-electron chi connectivity index (χ0n) is 16.5. The molecule has 1 aliphatic heterocycles. The van der Waals surface area contributed by atoms with Crippen molar-refractivity contribution in [3.05, 3.63) is 69.4 Å². The Morgan fingerprint density at radius 3 is 2.60 bits per heavy atom. The lowest BCUT2D eigenvalue weighted by molar-refractivity contribution is -0.384. The van der Waals surface area contributed by atoms with Crippen molar-refractivity contribution >= 4 is 23.3 Å². The van der Waals surface area contributed by atoms with Crippen LogP contribution >= 0.6 is 0 Å². The zero-order valence-corrected chi connectivity index (χ0v) is 16.5. The summed E-state index contributed by atoms with van der Waals surface area (Å²) in [6.07, 6.45) is 0. The van der Waals surface area contributed by atoms with Crippen molar-refractivity contribution in [2.24, 2.45) is 0 Å². The monoisotopic (exact) mass is 412 g/mol. The Labute approximate surface area is 172 Å². The molecule has 0 saturated carbocycles. The Morgan fingerprint density at radius 2 is 1.93 bits per heavy atom. The molecule has 0 aromatic heterocycles. The summed E-state index contributed by atoms with van der Waals surface area (Å²) in [6, 6.07) is 9.31. The van der Waals surface area contributed by atoms with Crippen LogP contribution in [-0.4, -0.2) is 31.1 Å². The molecule has 0 unspecified atom stereocenters. The number of anilines is 1. The number of carbonyl (C=O) groups excluding carboxylic acids is 2. The van der Waals surface area contributed by atoms with Crippen LogP contribution in [0, 0.1) is 10.1 Å². The molecular formula is C20H20N4O6. The fraction of sp³-hybridized carbons (Fsp3) is 0.200. The van der Waals surface area contributed by atoms with E-state index >= 15 is 0 Å². The van der Waals surface area contributed by atoms with Crippen molar-refractivity contribution in [3.63, 3.8) is 0 Å². The van der Waals surface area contributed by atoms with Gasteiger partial charge in [-0.1, -0.05) is 12.1 Å². The van der Waals surface area contributed by atoms with Crippen LogP contribution in [0.5, 0.6) is 11.5 Å². The number of methoxy groups -OCH3 is 2. The summed E-state index contributed by atoms with van der Waals surface area (Å²) in [4.78, 5) is 35.8. The molecule has 2 aromatic rings. The minimum absolute atomic E-state index is 0.146. The van der Waals surface area contributed by atoms with E-state index in [0.29, 0.717) is 28.4 Å². The van der Waals surface area contributed by atoms with E-state index in [9.17, 15) is 19.7 Å². The molecule has 1 heterocycles. The second kappa shape index (κ2) is 8.52. The van der Waals surface area contributed by atoms with Crippen LogP contribution in [-0.2, 0) is 4.79 Å². The highest BCUT2D eigenvalue weighted by Gasteiger charge is 2.32. The van der Waals surface area contributed by atoms with Crippen molar-refractivity contribution < 1.29 is 24.0 Å². The van der Waals surface area contributed by atoms with E-state index in [1.54, 1.807) is 31.2 Å². The lowest BCUT2D eigenvalue weighted by atomic mass is 9.94. The largest absolute Gasteiger partial charge is 0.497 e. The number of nitro groups is 1. The number of hydrogen-bond donors (Lipinski definition) is 3. The third-order valence-electron chi connectivity index (χ3n) is 4.58. The first kappa shape index (κ1) is 20.6. The second-order valence-electron chi connectivity index (χ2n) is 6.44. The first-order valence-electron chi connectivity index (χ1n) is 8.90. The Morgan fingerprint density at radius 1 is 1.17 bits per heavy atom. The Hall–Kier alpha value is -4.08. The Bertz CT molecular complexity index is 1050. The molecular weight excluding hydrogens is 392 g/mol. The minimum atomic E-state index is -0.879. The second-order valence-corrected chi connectivity index (χ2v) is 6.44. The maximum absolute atomic E-state index is 13.2. The van der Waals surface area contributed by atoms with Gasteiger partial charge in [0.2, 0.25) is 0 Å². The number of allylic oxidation sites excluding steroid dienone is 1. The highest BCUT2D eigenvalue weighted by atomic mass is 16.6. The van der Waals surface area contributed by atoms with Crippen LogP contribution < -0.4 is 25.4 Å². The number of carbonyl (C=O) groups is 2. The number of nitro benzene ring substituents is 1. The van der Waals surface area contributed by atoms with E-state index in [1.165, 1.54) is 32.4 Å². The van der Waals surface area contributed by atoms with Gasteiger partial charge in [0.05, 0.1) is 36.4 Å². The van der Waals surface area contributed by atoms with Gasteiger partial charge in [0.25, 0.3) is 11.6 Å². The van der Waals surface area contributed by atoms with Crippen LogP contribution in [0.1, 0.15) is 18.5 Å². The average molecular weight is 412 g/mol. The summed E-state index contributed by atoms with van der Waals surface area (Å²) in [6.45, 7) is 1.58. The molecule has 10 heteroatoms. The predicted octanol–water partition coefficient (Wildman–Crippen LogP) is 2.88. The molecule has 0 radical (unpaired) electrons. The van der Waals surface area contributed by atoms with Crippen LogP contribution in [0.15, 0.2) is 53.7 Å². The molecule has 2 aromatic carbocycles. The quantitative estimate of drug-likeness (QED) is 0.494. The van der Waals surface area contributed by atoms with E-state index < -0.39 is 22.9 Å². The smallest absolute Gasteiger partial charge is 0.319 e. The maximum Gasteiger partial charge on any atom is 0.319 e. The maximum atomic E-state index is 13.2. The summed E-state index contributed by atoms with van der Waals surface area (Å²) in [5.41, 5.74) is 1.17.